The molecule has 0 unspecified atom stereocenters. The Hall–Kier alpha value is -0.550. The third-order valence-corrected chi connectivity index (χ3v) is 3.30. The Morgan fingerprint density at radius 3 is 1.85 bits per heavy atom. The van der Waals surface area contributed by atoms with Crippen molar-refractivity contribution in [2.24, 2.45) is 5.92 Å². The largest absolute Gasteiger partial charge is 0.412 e. The van der Waals surface area contributed by atoms with Crippen molar-refractivity contribution in [1.29, 1.82) is 0 Å². The van der Waals surface area contributed by atoms with E-state index in [0.717, 1.165) is 10.8 Å². The van der Waals surface area contributed by atoms with Crippen LogP contribution in [-0.4, -0.2) is 24.5 Å². The normalized spacial score (nSPS) is 12.8. The van der Waals surface area contributed by atoms with Gasteiger partial charge in [-0.2, -0.15) is 0 Å². The molecule has 0 aliphatic heterocycles. The van der Waals surface area contributed by atoms with Crippen LogP contribution in [0.25, 0.3) is 0 Å². The van der Waals surface area contributed by atoms with Gasteiger partial charge < -0.3 is 16.3 Å². The second-order valence-electron chi connectivity index (χ2n) is 4.54. The minimum atomic E-state index is 0. The van der Waals surface area contributed by atoms with Crippen LogP contribution in [-0.2, 0) is 0 Å². The van der Waals surface area contributed by atoms with Crippen molar-refractivity contribution in [3.63, 3.8) is 0 Å². The molecule has 1 aliphatic rings. The van der Waals surface area contributed by atoms with E-state index in [0.29, 0.717) is 0 Å². The number of hydrogen-bond donors (Lipinski definition) is 2. The Kier molecular flexibility index (Phi) is 20.2. The van der Waals surface area contributed by atoms with Gasteiger partial charge in [0.25, 0.3) is 0 Å². The Morgan fingerprint density at radius 2 is 1.50 bits per heavy atom. The van der Waals surface area contributed by atoms with Gasteiger partial charge in [-0.1, -0.05) is 44.4 Å². The van der Waals surface area contributed by atoms with Gasteiger partial charge in [0.15, 0.2) is 0 Å². The highest BCUT2D eigenvalue weighted by Gasteiger charge is 2.12. The van der Waals surface area contributed by atoms with Crippen LogP contribution in [0.4, 0.5) is 0 Å². The van der Waals surface area contributed by atoms with E-state index in [1.807, 2.05) is 45.2 Å². The maximum atomic E-state index is 4.13. The van der Waals surface area contributed by atoms with Gasteiger partial charge in [-0.25, -0.2) is 0 Å². The minimum absolute atomic E-state index is 0. The summed E-state index contributed by atoms with van der Waals surface area (Å²) in [5.74, 6) is 1.000. The van der Waals surface area contributed by atoms with Gasteiger partial charge >= 0.3 is 0 Å². The Bertz CT molecular complexity index is 264. The maximum absolute atomic E-state index is 4.13. The lowest BCUT2D eigenvalue weighted by molar-refractivity contribution is 0.516. The molecular weight excluding hydrogens is 270 g/mol. The number of nitrogens with one attached hydrogen (secondary N) is 1. The summed E-state index contributed by atoms with van der Waals surface area (Å²) in [6.07, 6.45) is 5.85. The quantitative estimate of drug-likeness (QED) is 0.810. The average molecular weight is 304 g/mol. The maximum Gasteiger partial charge on any atom is 0.00401 e. The minimum Gasteiger partial charge on any atom is -0.412 e. The van der Waals surface area contributed by atoms with Crippen LogP contribution in [0.5, 0.6) is 0 Å². The fraction of sp³-hybridized carbons (Fsp3) is 0.625. The van der Waals surface area contributed by atoms with Gasteiger partial charge in [-0.3, -0.25) is 0 Å². The van der Waals surface area contributed by atoms with Crippen LogP contribution < -0.4 is 5.32 Å². The van der Waals surface area contributed by atoms with Gasteiger partial charge in [-0.15, -0.1) is 12.6 Å². The second kappa shape index (κ2) is 16.5. The van der Waals surface area contributed by atoms with Crippen LogP contribution in [0.2, 0.25) is 0 Å². The molecule has 0 saturated heterocycles. The zero-order valence-electron chi connectivity index (χ0n) is 13.4. The fourth-order valence-corrected chi connectivity index (χ4v) is 2.20. The first-order valence-electron chi connectivity index (χ1n) is 7.12. The molecule has 0 spiro atoms. The van der Waals surface area contributed by atoms with E-state index < -0.39 is 0 Å². The Morgan fingerprint density at radius 1 is 1.05 bits per heavy atom. The predicted molar refractivity (Wildman–Crippen MR) is 92.9 cm³/mol. The predicted octanol–water partition coefficient (Wildman–Crippen LogP) is 3.06. The molecule has 0 bridgehead atoms. The molecule has 1 aromatic carbocycles. The lowest BCUT2D eigenvalue weighted by Crippen LogP contribution is -2.15. The molecule has 3 nitrogen and oxygen atoms in total. The number of thiol groups is 1. The molecule has 5 N–H and O–H groups in total. The van der Waals surface area contributed by atoms with Gasteiger partial charge in [0.2, 0.25) is 0 Å². The molecule has 2 rings (SSSR count). The number of aryl methyl sites for hydroxylation is 1. The van der Waals surface area contributed by atoms with E-state index in [-0.39, 0.29) is 11.0 Å². The molecule has 1 fully saturated rings. The first-order valence-corrected chi connectivity index (χ1v) is 7.57. The SMILES string of the molecule is CC.CNCC1CCCC1.Cc1ccc(S)cc1.O.O. The van der Waals surface area contributed by atoms with Crippen LogP contribution in [0.3, 0.4) is 0 Å². The monoisotopic (exact) mass is 303 g/mol. The van der Waals surface area contributed by atoms with E-state index >= 15 is 0 Å². The summed E-state index contributed by atoms with van der Waals surface area (Å²) in [7, 11) is 2.04. The highest BCUT2D eigenvalue weighted by atomic mass is 32.1. The average Bonchev–Trinajstić information content (AvgIpc) is 2.90. The lowest BCUT2D eigenvalue weighted by atomic mass is 10.1. The van der Waals surface area contributed by atoms with Crippen molar-refractivity contribution in [3.05, 3.63) is 29.8 Å². The Labute approximate surface area is 130 Å². The van der Waals surface area contributed by atoms with Crippen molar-refractivity contribution in [2.75, 3.05) is 13.6 Å². The third-order valence-electron chi connectivity index (χ3n) is 3.00. The number of hydrogen-bond acceptors (Lipinski definition) is 2. The lowest BCUT2D eigenvalue weighted by Gasteiger charge is -2.04. The van der Waals surface area contributed by atoms with Gasteiger partial charge in [-0.05, 0) is 51.4 Å². The Balaban J connectivity index is -0.000000236. The molecule has 0 radical (unpaired) electrons. The topological polar surface area (TPSA) is 75.0 Å². The van der Waals surface area contributed by atoms with E-state index in [9.17, 15) is 0 Å². The highest BCUT2D eigenvalue weighted by molar-refractivity contribution is 7.80. The van der Waals surface area contributed by atoms with Crippen LogP contribution in [0.1, 0.15) is 45.1 Å². The van der Waals surface area contributed by atoms with Crippen molar-refractivity contribution in [3.8, 4) is 0 Å². The summed E-state index contributed by atoms with van der Waals surface area (Å²) < 4.78 is 0. The number of benzene rings is 1. The molecule has 120 valence electrons. The first-order chi connectivity index (χ1) is 8.72. The summed E-state index contributed by atoms with van der Waals surface area (Å²) >= 11 is 4.13. The van der Waals surface area contributed by atoms with Crippen LogP contribution >= 0.6 is 12.6 Å². The van der Waals surface area contributed by atoms with Crippen molar-refractivity contribution in [2.45, 2.75) is 51.3 Å². The third kappa shape index (κ3) is 12.5. The molecular formula is C16H33NO2S. The molecule has 0 heterocycles. The van der Waals surface area contributed by atoms with Gasteiger partial charge in [0, 0.05) is 4.90 Å². The molecule has 1 saturated carbocycles. The molecule has 1 aromatic rings. The molecule has 20 heavy (non-hydrogen) atoms. The molecule has 4 heteroatoms. The van der Waals surface area contributed by atoms with E-state index in [1.165, 1.54) is 37.8 Å². The molecule has 0 atom stereocenters. The molecule has 0 amide bonds. The summed E-state index contributed by atoms with van der Waals surface area (Å²) in [5, 5.41) is 3.21. The summed E-state index contributed by atoms with van der Waals surface area (Å²) in [6, 6.07) is 8.06. The molecule has 1 aliphatic carbocycles. The van der Waals surface area contributed by atoms with Crippen molar-refractivity contribution >= 4 is 12.6 Å². The van der Waals surface area contributed by atoms with Crippen LogP contribution in [0.15, 0.2) is 29.2 Å². The van der Waals surface area contributed by atoms with E-state index in [2.05, 4.69) is 24.9 Å². The summed E-state index contributed by atoms with van der Waals surface area (Å²) in [5.41, 5.74) is 1.28. The van der Waals surface area contributed by atoms with Crippen LogP contribution in [0, 0.1) is 12.8 Å². The van der Waals surface area contributed by atoms with E-state index in [4.69, 9.17) is 0 Å². The number of rotatable bonds is 2. The zero-order valence-corrected chi connectivity index (χ0v) is 14.3. The fourth-order valence-electron chi connectivity index (χ4n) is 2.05. The standard InChI is InChI=1S/C7H15N.C7H8S.C2H6.2H2O/c1-8-6-7-4-2-3-5-7;1-6-2-4-7(8)5-3-6;1-2;;/h7-8H,2-6H2,1H3;2-5,8H,1H3;1-2H3;2*1H2. The zero-order chi connectivity index (χ0) is 13.8. The van der Waals surface area contributed by atoms with Crippen molar-refractivity contribution in [1.82, 2.24) is 5.32 Å². The van der Waals surface area contributed by atoms with Gasteiger partial charge in [0.05, 0.1) is 0 Å². The van der Waals surface area contributed by atoms with Gasteiger partial charge in [0.1, 0.15) is 0 Å². The summed E-state index contributed by atoms with van der Waals surface area (Å²) in [6.45, 7) is 7.30. The van der Waals surface area contributed by atoms with E-state index in [1.54, 1.807) is 0 Å². The second-order valence-corrected chi connectivity index (χ2v) is 5.06. The first kappa shape index (κ1) is 24.5. The summed E-state index contributed by atoms with van der Waals surface area (Å²) in [4.78, 5) is 1.02. The smallest absolute Gasteiger partial charge is 0.00401 e. The van der Waals surface area contributed by atoms with Crippen molar-refractivity contribution < 1.29 is 11.0 Å². The molecule has 0 aromatic heterocycles. The highest BCUT2D eigenvalue weighted by Crippen LogP contribution is 2.23.